The molecule has 0 spiro atoms. The van der Waals surface area contributed by atoms with Gasteiger partial charge >= 0.3 is 0 Å². The first-order chi connectivity index (χ1) is 41.7. The molecule has 0 aliphatic carbocycles. The monoisotopic (exact) mass is 1080 g/mol. The van der Waals surface area contributed by atoms with Gasteiger partial charge in [-0.15, -0.1) is 0 Å². The molecule has 0 bridgehead atoms. The average molecular weight is 1090 g/mol. The van der Waals surface area contributed by atoms with Gasteiger partial charge in [-0.2, -0.15) is 5.26 Å². The van der Waals surface area contributed by atoms with Gasteiger partial charge in [0.2, 0.25) is 0 Å². The maximum atomic E-state index is 13.1. The zero-order valence-corrected chi connectivity index (χ0v) is 44.6. The Hall–Kier alpha value is -11.9. The minimum atomic E-state index is 0.325. The van der Waals surface area contributed by atoms with Crippen molar-refractivity contribution in [1.29, 1.82) is 5.26 Å². The van der Waals surface area contributed by atoms with Gasteiger partial charge in [-0.05, 0) is 132 Å². The number of nitrogens with zero attached hydrogens (tertiary/aromatic N) is 6. The number of anilines is 15. The molecule has 396 valence electrons. The molecule has 5 aliphatic rings. The summed E-state index contributed by atoms with van der Waals surface area (Å²) in [6, 6.07) is 92.5. The molecule has 0 saturated heterocycles. The summed E-state index contributed by atoms with van der Waals surface area (Å²) in [6.45, 7) is 0. The Kier molecular flexibility index (Phi) is 10.4. The van der Waals surface area contributed by atoms with Gasteiger partial charge in [0.25, 0.3) is 0 Å². The van der Waals surface area contributed by atoms with Crippen molar-refractivity contribution in [2.45, 2.75) is 0 Å². The van der Waals surface area contributed by atoms with Crippen LogP contribution >= 0.6 is 0 Å². The molecule has 11 heteroatoms. The Labute approximate surface area is 483 Å². The van der Waals surface area contributed by atoms with Crippen LogP contribution in [0.15, 0.2) is 267 Å². The summed E-state index contributed by atoms with van der Waals surface area (Å²) in [5.41, 5.74) is 12.7. The molecule has 11 nitrogen and oxygen atoms in total. The van der Waals surface area contributed by atoms with E-state index in [0.717, 1.165) is 45.3 Å². The normalized spacial score (nSPS) is 13.3. The van der Waals surface area contributed by atoms with Crippen LogP contribution in [0.3, 0.4) is 0 Å². The topological polar surface area (TPSA) is 86.1 Å². The first-order valence-corrected chi connectivity index (χ1v) is 27.7. The molecule has 0 atom stereocenters. The summed E-state index contributed by atoms with van der Waals surface area (Å²) in [6.07, 6.45) is 0. The Morgan fingerprint density at radius 1 is 0.214 bits per heavy atom. The van der Waals surface area contributed by atoms with Crippen molar-refractivity contribution < 1.29 is 23.7 Å². The van der Waals surface area contributed by atoms with E-state index in [-0.39, 0.29) is 0 Å². The van der Waals surface area contributed by atoms with Crippen LogP contribution in [-0.2, 0) is 0 Å². The van der Waals surface area contributed by atoms with Gasteiger partial charge in [0.15, 0.2) is 57.5 Å². The van der Waals surface area contributed by atoms with Gasteiger partial charge in [0.1, 0.15) is 11.6 Å². The molecular weight excluding hydrogens is 1040 g/mol. The molecule has 0 radical (unpaired) electrons. The molecule has 84 heavy (non-hydrogen) atoms. The number of fused-ring (bicyclic) bond motifs is 10. The number of benzene rings is 12. The smallest absolute Gasteiger partial charge is 0.152 e. The van der Waals surface area contributed by atoms with Crippen molar-refractivity contribution in [3.05, 3.63) is 272 Å². The highest BCUT2D eigenvalue weighted by atomic mass is 16.5. The molecule has 0 aromatic heterocycles. The zero-order valence-electron chi connectivity index (χ0n) is 44.6. The quantitative estimate of drug-likeness (QED) is 0.160. The van der Waals surface area contributed by atoms with E-state index in [1.165, 1.54) is 0 Å². The van der Waals surface area contributed by atoms with Gasteiger partial charge in [-0.25, -0.2) is 0 Å². The van der Waals surface area contributed by atoms with Gasteiger partial charge in [-0.1, -0.05) is 146 Å². The summed E-state index contributed by atoms with van der Waals surface area (Å²) in [7, 11) is 0. The number of hydrogen-bond acceptors (Lipinski definition) is 11. The molecule has 12 aromatic carbocycles. The van der Waals surface area contributed by atoms with E-state index in [1.54, 1.807) is 0 Å². The second kappa shape index (κ2) is 18.6. The first kappa shape index (κ1) is 47.0. The molecular formula is C73H44N6O5. The molecule has 0 amide bonds. The van der Waals surface area contributed by atoms with Gasteiger partial charge < -0.3 is 23.7 Å². The van der Waals surface area contributed by atoms with Crippen LogP contribution in [0, 0.1) is 11.3 Å². The lowest BCUT2D eigenvalue weighted by molar-refractivity contribution is 0.475. The summed E-state index contributed by atoms with van der Waals surface area (Å²) in [5, 5.41) is 13.1. The highest BCUT2D eigenvalue weighted by Gasteiger charge is 2.47. The van der Waals surface area contributed by atoms with Crippen LogP contribution in [0.4, 0.5) is 85.3 Å². The van der Waals surface area contributed by atoms with Crippen LogP contribution in [0.5, 0.6) is 57.5 Å². The highest BCUT2D eigenvalue weighted by molar-refractivity contribution is 6.18. The molecule has 0 unspecified atom stereocenters. The maximum absolute atomic E-state index is 13.1. The van der Waals surface area contributed by atoms with E-state index >= 15 is 0 Å². The first-order valence-electron chi connectivity index (χ1n) is 27.7. The molecule has 0 saturated carbocycles. The van der Waals surface area contributed by atoms with Crippen LogP contribution in [0.2, 0.25) is 0 Å². The highest BCUT2D eigenvalue weighted by Crippen LogP contribution is 2.71. The van der Waals surface area contributed by atoms with E-state index in [0.29, 0.717) is 114 Å². The summed E-state index contributed by atoms with van der Waals surface area (Å²) >= 11 is 0. The number of nitriles is 1. The second-order valence-electron chi connectivity index (χ2n) is 20.7. The van der Waals surface area contributed by atoms with Crippen molar-refractivity contribution >= 4 is 85.3 Å². The van der Waals surface area contributed by atoms with Crippen LogP contribution < -0.4 is 48.2 Å². The van der Waals surface area contributed by atoms with E-state index in [1.807, 2.05) is 170 Å². The Morgan fingerprint density at radius 3 is 0.726 bits per heavy atom. The van der Waals surface area contributed by atoms with Crippen molar-refractivity contribution in [3.63, 3.8) is 0 Å². The Bertz CT molecular complexity index is 4350. The molecule has 5 heterocycles. The summed E-state index contributed by atoms with van der Waals surface area (Å²) in [5.74, 6) is 6.14. The maximum Gasteiger partial charge on any atom is 0.152 e. The van der Waals surface area contributed by atoms with E-state index in [4.69, 9.17) is 23.7 Å². The van der Waals surface area contributed by atoms with E-state index < -0.39 is 0 Å². The third-order valence-electron chi connectivity index (χ3n) is 16.0. The predicted octanol–water partition coefficient (Wildman–Crippen LogP) is 21.1. The van der Waals surface area contributed by atoms with Crippen molar-refractivity contribution in [2.24, 2.45) is 0 Å². The zero-order chi connectivity index (χ0) is 55.4. The van der Waals surface area contributed by atoms with Crippen LogP contribution in [-0.4, -0.2) is 0 Å². The SMILES string of the molecule is N#Cc1c(N2c3ccccc3Oc3ccccc32)c(N2c3ccccc3Oc3ccccc32)c(N2c3ccccc3Oc3cc(-c4ccccc4)ccc32)c(N2c3ccccc3Oc3ccccc32)c1N1c2ccccc2Oc2ccccc21. The Morgan fingerprint density at radius 2 is 0.440 bits per heavy atom. The van der Waals surface area contributed by atoms with Crippen molar-refractivity contribution in [1.82, 2.24) is 0 Å². The van der Waals surface area contributed by atoms with Gasteiger partial charge in [0.05, 0.1) is 85.3 Å². The van der Waals surface area contributed by atoms with E-state index in [9.17, 15) is 5.26 Å². The second-order valence-corrected chi connectivity index (χ2v) is 20.7. The van der Waals surface area contributed by atoms with Crippen molar-refractivity contribution in [2.75, 3.05) is 24.5 Å². The standard InChI is InChI=1S/C73H44N6O5/c74-45-48-69(75-49-24-4-13-33-59(49)80-60-34-14-5-25-50(60)75)71(77-53-28-8-17-37-63(53)82-64-38-18-9-29-54(64)77)73(79-57-32-12-21-41-67(57)84-68-44-47(42-43-58(68)79)46-22-2-1-3-23-46)72(78-55-30-10-19-39-65(55)83-66-40-20-11-31-56(66)78)70(48)76-51-26-6-15-35-61(51)81-62-36-16-7-27-52(62)76/h1-44H. The fourth-order valence-corrected chi connectivity index (χ4v) is 12.5. The average Bonchev–Trinajstić information content (AvgIpc) is 0.955. The van der Waals surface area contributed by atoms with Gasteiger partial charge in [0, 0.05) is 0 Å². The number of ether oxygens (including phenoxy) is 5. The molecule has 0 fully saturated rings. The fraction of sp³-hybridized carbons (Fsp3) is 0. The molecule has 0 N–H and O–H groups in total. The number of para-hydroxylation sites is 18. The minimum Gasteiger partial charge on any atom is -0.453 e. The summed E-state index contributed by atoms with van der Waals surface area (Å²) in [4.78, 5) is 11.3. The number of hydrogen-bond donors (Lipinski definition) is 0. The lowest BCUT2D eigenvalue weighted by Gasteiger charge is -2.46. The molecule has 5 aliphatic heterocycles. The largest absolute Gasteiger partial charge is 0.453 e. The van der Waals surface area contributed by atoms with Crippen LogP contribution in [0.1, 0.15) is 5.56 Å². The van der Waals surface area contributed by atoms with Crippen molar-refractivity contribution in [3.8, 4) is 74.7 Å². The predicted molar refractivity (Wildman–Crippen MR) is 330 cm³/mol. The number of rotatable bonds is 6. The Balaban J connectivity index is 1.16. The van der Waals surface area contributed by atoms with Gasteiger partial charge in [-0.3, -0.25) is 24.5 Å². The minimum absolute atomic E-state index is 0.325. The third kappa shape index (κ3) is 7.04. The molecule has 17 rings (SSSR count). The lowest BCUT2D eigenvalue weighted by atomic mass is 9.93. The van der Waals surface area contributed by atoms with E-state index in [2.05, 4.69) is 128 Å². The summed E-state index contributed by atoms with van der Waals surface area (Å²) < 4.78 is 34.9. The molecule has 12 aromatic rings. The lowest BCUT2D eigenvalue weighted by Crippen LogP contribution is -2.30. The third-order valence-corrected chi connectivity index (χ3v) is 16.0. The van der Waals surface area contributed by atoms with Crippen LogP contribution in [0.25, 0.3) is 11.1 Å². The fourth-order valence-electron chi connectivity index (χ4n) is 12.5.